The van der Waals surface area contributed by atoms with Gasteiger partial charge in [0.25, 0.3) is 5.91 Å². The monoisotopic (exact) mass is 378 g/mol. The molecule has 0 aromatic heterocycles. The first-order chi connectivity index (χ1) is 12.1. The zero-order valence-corrected chi connectivity index (χ0v) is 15.8. The molecular formula is C19H23FN2O3S. The van der Waals surface area contributed by atoms with Crippen molar-refractivity contribution < 1.29 is 17.6 Å². The average molecular weight is 378 g/mol. The van der Waals surface area contributed by atoms with Gasteiger partial charge in [-0.15, -0.1) is 0 Å². The predicted molar refractivity (Wildman–Crippen MR) is 101 cm³/mol. The summed E-state index contributed by atoms with van der Waals surface area (Å²) in [6.07, 6.45) is 0. The van der Waals surface area contributed by atoms with Crippen LogP contribution >= 0.6 is 0 Å². The van der Waals surface area contributed by atoms with E-state index in [4.69, 9.17) is 0 Å². The molecule has 2 aromatic carbocycles. The van der Waals surface area contributed by atoms with Gasteiger partial charge in [0.05, 0.1) is 5.25 Å². The molecule has 1 amide bonds. The van der Waals surface area contributed by atoms with Crippen LogP contribution in [-0.4, -0.2) is 26.1 Å². The molecule has 0 spiro atoms. The van der Waals surface area contributed by atoms with Crippen LogP contribution in [-0.2, 0) is 15.7 Å². The largest absolute Gasteiger partial charge is 0.322 e. The molecule has 26 heavy (non-hydrogen) atoms. The second-order valence-electron chi connectivity index (χ2n) is 6.51. The summed E-state index contributed by atoms with van der Waals surface area (Å²) >= 11 is 0. The highest BCUT2D eigenvalue weighted by Crippen LogP contribution is 2.26. The van der Waals surface area contributed by atoms with Gasteiger partial charge in [0.2, 0.25) is 10.0 Å². The van der Waals surface area contributed by atoms with Gasteiger partial charge in [-0.2, -0.15) is 0 Å². The first-order valence-electron chi connectivity index (χ1n) is 8.26. The van der Waals surface area contributed by atoms with E-state index < -0.39 is 20.9 Å². The Kier molecular flexibility index (Phi) is 6.15. The van der Waals surface area contributed by atoms with Gasteiger partial charge in [-0.25, -0.2) is 17.5 Å². The third-order valence-electron chi connectivity index (χ3n) is 4.01. The summed E-state index contributed by atoms with van der Waals surface area (Å²) in [5, 5.41) is 2.10. The number of sulfonamides is 1. The van der Waals surface area contributed by atoms with Gasteiger partial charge in [-0.3, -0.25) is 4.79 Å². The Hall–Kier alpha value is -2.25. The number of benzene rings is 2. The second-order valence-corrected chi connectivity index (χ2v) is 8.83. The molecule has 0 bridgehead atoms. The van der Waals surface area contributed by atoms with Crippen molar-refractivity contribution in [1.82, 2.24) is 4.72 Å². The number of carbonyl (C=O) groups excluding carboxylic acids is 1. The van der Waals surface area contributed by atoms with Gasteiger partial charge in [0, 0.05) is 17.8 Å². The van der Waals surface area contributed by atoms with Crippen molar-refractivity contribution in [1.29, 1.82) is 0 Å². The molecule has 0 fully saturated rings. The standard InChI is InChI=1S/C19H23FN2O3S/c1-14(2)26(24,25)21-13-19(3,20)16-9-11-17(12-10-16)22-18(23)15-7-5-4-6-8-15/h4-12,14,21H,13H2,1-3H3,(H,22,23). The van der Waals surface area contributed by atoms with Crippen molar-refractivity contribution in [2.45, 2.75) is 31.7 Å². The first kappa shape index (κ1) is 20.1. The summed E-state index contributed by atoms with van der Waals surface area (Å²) in [5.41, 5.74) is -0.498. The van der Waals surface area contributed by atoms with E-state index in [1.807, 2.05) is 6.07 Å². The molecule has 0 saturated heterocycles. The average Bonchev–Trinajstić information content (AvgIpc) is 2.61. The third kappa shape index (κ3) is 5.12. The number of hydrogen-bond donors (Lipinski definition) is 2. The minimum atomic E-state index is -3.54. The Bertz CT molecular complexity index is 848. The van der Waals surface area contributed by atoms with Gasteiger partial charge in [0.1, 0.15) is 5.67 Å². The van der Waals surface area contributed by atoms with Crippen LogP contribution in [0.15, 0.2) is 54.6 Å². The maximum atomic E-state index is 14.9. The van der Waals surface area contributed by atoms with Crippen LogP contribution in [0.25, 0.3) is 0 Å². The molecule has 0 radical (unpaired) electrons. The summed E-state index contributed by atoms with van der Waals surface area (Å²) in [6, 6.07) is 15.0. The number of carbonyl (C=O) groups is 1. The lowest BCUT2D eigenvalue weighted by Gasteiger charge is -2.22. The Labute approximate surface area is 153 Å². The van der Waals surface area contributed by atoms with E-state index in [1.54, 1.807) is 36.4 Å². The number of anilines is 1. The summed E-state index contributed by atoms with van der Waals surface area (Å²) < 4.78 is 40.7. The molecular weight excluding hydrogens is 355 g/mol. The van der Waals surface area contributed by atoms with Crippen LogP contribution < -0.4 is 10.0 Å². The molecule has 0 aliphatic rings. The van der Waals surface area contributed by atoms with Crippen LogP contribution in [0.5, 0.6) is 0 Å². The summed E-state index contributed by atoms with van der Waals surface area (Å²) in [4.78, 5) is 12.1. The van der Waals surface area contributed by atoms with Gasteiger partial charge in [0.15, 0.2) is 0 Å². The van der Waals surface area contributed by atoms with Crippen molar-refractivity contribution in [2.24, 2.45) is 0 Å². The Morgan fingerprint density at radius 3 is 2.19 bits per heavy atom. The smallest absolute Gasteiger partial charge is 0.255 e. The predicted octanol–water partition coefficient (Wildman–Crippen LogP) is 3.45. The number of rotatable bonds is 7. The number of hydrogen-bond acceptors (Lipinski definition) is 3. The molecule has 0 aliphatic heterocycles. The number of halogens is 1. The second kappa shape index (κ2) is 7.97. The Morgan fingerprint density at radius 2 is 1.65 bits per heavy atom. The maximum absolute atomic E-state index is 14.9. The number of amides is 1. The van der Waals surface area contributed by atoms with Crippen LogP contribution in [0.1, 0.15) is 36.7 Å². The van der Waals surface area contributed by atoms with E-state index in [2.05, 4.69) is 10.0 Å². The Balaban J connectivity index is 2.05. The van der Waals surface area contributed by atoms with Crippen molar-refractivity contribution in [2.75, 3.05) is 11.9 Å². The van der Waals surface area contributed by atoms with Gasteiger partial charge >= 0.3 is 0 Å². The molecule has 0 aliphatic carbocycles. The van der Waals surface area contributed by atoms with Crippen LogP contribution in [0.2, 0.25) is 0 Å². The highest BCUT2D eigenvalue weighted by atomic mass is 32.2. The van der Waals surface area contributed by atoms with Crippen molar-refractivity contribution >= 4 is 21.6 Å². The minimum Gasteiger partial charge on any atom is -0.322 e. The van der Waals surface area contributed by atoms with Crippen molar-refractivity contribution in [3.05, 3.63) is 65.7 Å². The topological polar surface area (TPSA) is 75.3 Å². The molecule has 1 unspecified atom stereocenters. The fourth-order valence-corrected chi connectivity index (χ4v) is 3.00. The maximum Gasteiger partial charge on any atom is 0.255 e. The molecule has 2 N–H and O–H groups in total. The molecule has 5 nitrogen and oxygen atoms in total. The van der Waals surface area contributed by atoms with Gasteiger partial charge in [-0.05, 0) is 50.6 Å². The van der Waals surface area contributed by atoms with E-state index in [1.165, 1.54) is 32.9 Å². The molecule has 140 valence electrons. The lowest BCUT2D eigenvalue weighted by molar-refractivity contribution is 0.102. The molecule has 7 heteroatoms. The summed E-state index contributed by atoms with van der Waals surface area (Å²) in [5.74, 6) is -0.258. The van der Waals surface area contributed by atoms with E-state index >= 15 is 0 Å². The fourth-order valence-electron chi connectivity index (χ4n) is 2.20. The van der Waals surface area contributed by atoms with E-state index in [-0.39, 0.29) is 12.5 Å². The van der Waals surface area contributed by atoms with E-state index in [9.17, 15) is 17.6 Å². The molecule has 0 saturated carbocycles. The molecule has 0 heterocycles. The lowest BCUT2D eigenvalue weighted by Crippen LogP contribution is -2.39. The minimum absolute atomic E-state index is 0.258. The van der Waals surface area contributed by atoms with Crippen LogP contribution in [0, 0.1) is 0 Å². The van der Waals surface area contributed by atoms with Crippen LogP contribution in [0.4, 0.5) is 10.1 Å². The van der Waals surface area contributed by atoms with Gasteiger partial charge in [-0.1, -0.05) is 30.3 Å². The highest BCUT2D eigenvalue weighted by Gasteiger charge is 2.29. The summed E-state index contributed by atoms with van der Waals surface area (Å²) in [7, 11) is -3.54. The van der Waals surface area contributed by atoms with Crippen molar-refractivity contribution in [3.63, 3.8) is 0 Å². The lowest BCUT2D eigenvalue weighted by atomic mass is 9.98. The van der Waals surface area contributed by atoms with E-state index in [0.717, 1.165) is 0 Å². The molecule has 1 atom stereocenters. The fraction of sp³-hybridized carbons (Fsp3) is 0.316. The van der Waals surface area contributed by atoms with Gasteiger partial charge < -0.3 is 5.32 Å². The normalized spacial score (nSPS) is 14.0. The number of alkyl halides is 1. The van der Waals surface area contributed by atoms with Crippen LogP contribution in [0.3, 0.4) is 0 Å². The third-order valence-corrected chi connectivity index (χ3v) is 5.79. The summed E-state index contributed by atoms with van der Waals surface area (Å²) in [6.45, 7) is 4.01. The SMILES string of the molecule is CC(C)S(=O)(=O)NCC(C)(F)c1ccc(NC(=O)c2ccccc2)cc1. The Morgan fingerprint density at radius 1 is 1.08 bits per heavy atom. The van der Waals surface area contributed by atoms with E-state index in [0.29, 0.717) is 16.8 Å². The zero-order valence-electron chi connectivity index (χ0n) is 15.0. The quantitative estimate of drug-likeness (QED) is 0.775. The zero-order chi connectivity index (χ0) is 19.4. The first-order valence-corrected chi connectivity index (χ1v) is 9.81. The highest BCUT2D eigenvalue weighted by molar-refractivity contribution is 7.90. The van der Waals surface area contributed by atoms with Crippen molar-refractivity contribution in [3.8, 4) is 0 Å². The molecule has 2 aromatic rings. The number of nitrogens with one attached hydrogen (secondary N) is 2. The molecule has 2 rings (SSSR count).